The van der Waals surface area contributed by atoms with Crippen molar-refractivity contribution in [3.05, 3.63) is 52.1 Å². The molecule has 0 bridgehead atoms. The van der Waals surface area contributed by atoms with Gasteiger partial charge in [0.2, 0.25) is 0 Å². The van der Waals surface area contributed by atoms with Gasteiger partial charge in [0.25, 0.3) is 0 Å². The summed E-state index contributed by atoms with van der Waals surface area (Å²) in [4.78, 5) is 14.0. The van der Waals surface area contributed by atoms with Crippen molar-refractivity contribution in [3.63, 3.8) is 0 Å². The molecular weight excluding hydrogens is 346 g/mol. The molecule has 2 rings (SSSR count). The molecule has 134 valence electrons. The average molecular weight is 367 g/mol. The van der Waals surface area contributed by atoms with Gasteiger partial charge < -0.3 is 4.74 Å². The minimum Gasteiger partial charge on any atom is -0.443 e. The lowest BCUT2D eigenvalue weighted by molar-refractivity contribution is 0.0345. The average Bonchev–Trinajstić information content (AvgIpc) is 3.03. The number of nitrogens with zero attached hydrogens (tertiary/aromatic N) is 3. The quantitative estimate of drug-likeness (QED) is 0.713. The third-order valence-corrected chi connectivity index (χ3v) is 4.59. The summed E-state index contributed by atoms with van der Waals surface area (Å²) in [7, 11) is 0. The van der Waals surface area contributed by atoms with Gasteiger partial charge in [-0.3, -0.25) is 4.90 Å². The molecule has 1 aromatic rings. The molecule has 1 heterocycles. The molecule has 0 aromatic heterocycles. The summed E-state index contributed by atoms with van der Waals surface area (Å²) in [6.07, 6.45) is 1.31. The van der Waals surface area contributed by atoms with Gasteiger partial charge in [0.1, 0.15) is 23.3 Å². The van der Waals surface area contributed by atoms with E-state index in [-0.39, 0.29) is 5.57 Å². The van der Waals surface area contributed by atoms with Gasteiger partial charge in [0.05, 0.1) is 5.03 Å². The first-order valence-corrected chi connectivity index (χ1v) is 9.20. The number of aryl methyl sites for hydroxylation is 1. The summed E-state index contributed by atoms with van der Waals surface area (Å²) in [6.45, 7) is 7.95. The van der Waals surface area contributed by atoms with Crippen molar-refractivity contribution >= 4 is 23.4 Å². The summed E-state index contributed by atoms with van der Waals surface area (Å²) >= 11 is 1.50. The normalized spacial score (nSPS) is 15.3. The molecule has 1 saturated heterocycles. The number of amides is 1. The van der Waals surface area contributed by atoms with E-state index in [2.05, 4.69) is 0 Å². The zero-order valence-electron chi connectivity index (χ0n) is 15.4. The number of rotatable bonds is 2. The van der Waals surface area contributed by atoms with Gasteiger partial charge in [0, 0.05) is 17.9 Å². The smallest absolute Gasteiger partial charge is 0.415 e. The number of nitriles is 2. The van der Waals surface area contributed by atoms with E-state index in [9.17, 15) is 15.3 Å². The highest BCUT2D eigenvalue weighted by molar-refractivity contribution is 8.03. The van der Waals surface area contributed by atoms with Crippen LogP contribution in [0, 0.1) is 29.6 Å². The van der Waals surface area contributed by atoms with Crippen molar-refractivity contribution in [2.24, 2.45) is 0 Å². The van der Waals surface area contributed by atoms with Crippen LogP contribution >= 0.6 is 11.8 Å². The Morgan fingerprint density at radius 1 is 1.23 bits per heavy atom. The van der Waals surface area contributed by atoms with Gasteiger partial charge in [-0.2, -0.15) is 10.5 Å². The molecule has 6 heteroatoms. The van der Waals surface area contributed by atoms with Crippen LogP contribution in [0.3, 0.4) is 0 Å². The second-order valence-corrected chi connectivity index (χ2v) is 7.96. The van der Waals surface area contributed by atoms with Crippen molar-refractivity contribution in [2.45, 2.75) is 33.3 Å². The summed E-state index contributed by atoms with van der Waals surface area (Å²) in [5.74, 6) is 0.737. The fraction of sp³-hybridized carbons (Fsp3) is 0.350. The zero-order valence-corrected chi connectivity index (χ0v) is 16.2. The van der Waals surface area contributed by atoms with E-state index in [4.69, 9.17) is 4.74 Å². The van der Waals surface area contributed by atoms with Crippen LogP contribution in [0.5, 0.6) is 0 Å². The highest BCUT2D eigenvalue weighted by Gasteiger charge is 2.29. The van der Waals surface area contributed by atoms with Crippen LogP contribution in [-0.4, -0.2) is 28.9 Å². The van der Waals surface area contributed by atoms with E-state index in [0.717, 1.165) is 16.9 Å². The fourth-order valence-corrected chi connectivity index (χ4v) is 3.36. The molecular formula is C20H21N3O2S. The minimum atomic E-state index is -0.588. The molecule has 26 heavy (non-hydrogen) atoms. The lowest BCUT2D eigenvalue weighted by atomic mass is 10.00. The Labute approximate surface area is 158 Å². The van der Waals surface area contributed by atoms with Crippen molar-refractivity contribution in [2.75, 3.05) is 12.3 Å². The molecule has 5 nitrogen and oxygen atoms in total. The van der Waals surface area contributed by atoms with E-state index < -0.39 is 11.7 Å². The van der Waals surface area contributed by atoms with Crippen LogP contribution in [0.25, 0.3) is 5.57 Å². The maximum Gasteiger partial charge on any atom is 0.415 e. The summed E-state index contributed by atoms with van der Waals surface area (Å²) in [6, 6.07) is 11.5. The summed E-state index contributed by atoms with van der Waals surface area (Å²) in [5.41, 5.74) is 1.78. The van der Waals surface area contributed by atoms with Gasteiger partial charge in [-0.1, -0.05) is 29.8 Å². The predicted octanol–water partition coefficient (Wildman–Crippen LogP) is 4.62. The third-order valence-electron chi connectivity index (χ3n) is 3.57. The number of allylic oxidation sites excluding steroid dienone is 3. The second kappa shape index (κ2) is 8.12. The van der Waals surface area contributed by atoms with Crippen molar-refractivity contribution < 1.29 is 9.53 Å². The lowest BCUT2D eigenvalue weighted by Gasteiger charge is -2.24. The highest BCUT2D eigenvalue weighted by Crippen LogP contribution is 2.33. The number of carbonyl (C=O) groups is 1. The Bertz CT molecular complexity index is 818. The van der Waals surface area contributed by atoms with Crippen LogP contribution in [0.4, 0.5) is 4.79 Å². The number of ether oxygens (including phenoxy) is 1. The molecule has 0 aliphatic carbocycles. The van der Waals surface area contributed by atoms with Gasteiger partial charge in [-0.15, -0.1) is 11.8 Å². The molecule has 0 saturated carbocycles. The molecule has 1 aliphatic heterocycles. The van der Waals surface area contributed by atoms with Gasteiger partial charge in [0.15, 0.2) is 0 Å². The van der Waals surface area contributed by atoms with Crippen molar-refractivity contribution in [1.82, 2.24) is 4.90 Å². The topological polar surface area (TPSA) is 77.1 Å². The van der Waals surface area contributed by atoms with Crippen LogP contribution < -0.4 is 0 Å². The molecule has 0 radical (unpaired) electrons. The Morgan fingerprint density at radius 2 is 1.85 bits per heavy atom. The maximum absolute atomic E-state index is 12.4. The van der Waals surface area contributed by atoms with E-state index in [0.29, 0.717) is 17.1 Å². The Kier molecular flexibility index (Phi) is 6.13. The lowest BCUT2D eigenvalue weighted by Crippen LogP contribution is -2.34. The number of hydrogen-bond acceptors (Lipinski definition) is 5. The van der Waals surface area contributed by atoms with Crippen LogP contribution in [0.15, 0.2) is 40.9 Å². The van der Waals surface area contributed by atoms with E-state index in [1.165, 1.54) is 11.8 Å². The van der Waals surface area contributed by atoms with Crippen LogP contribution in [0.2, 0.25) is 0 Å². The first-order valence-electron chi connectivity index (χ1n) is 8.21. The first-order chi connectivity index (χ1) is 12.2. The Balaban J connectivity index is 2.45. The van der Waals surface area contributed by atoms with Gasteiger partial charge in [-0.25, -0.2) is 4.79 Å². The molecule has 1 aliphatic rings. The molecule has 0 atom stereocenters. The molecule has 1 fully saturated rings. The number of carbonyl (C=O) groups excluding carboxylic acids is 1. The van der Waals surface area contributed by atoms with Crippen LogP contribution in [0.1, 0.15) is 31.9 Å². The highest BCUT2D eigenvalue weighted by atomic mass is 32.2. The maximum atomic E-state index is 12.4. The first kappa shape index (κ1) is 19.6. The minimum absolute atomic E-state index is 0.0120. The zero-order chi connectivity index (χ0) is 19.3. The molecule has 1 amide bonds. The van der Waals surface area contributed by atoms with Gasteiger partial charge in [-0.05, 0) is 39.3 Å². The van der Waals surface area contributed by atoms with E-state index in [1.54, 1.807) is 11.0 Å². The fourth-order valence-electron chi connectivity index (χ4n) is 2.35. The number of benzene rings is 1. The SMILES string of the molecule is Cc1ccc(C(/C=C2\SCCN2C(=O)OC(C)(C)C)=C(C#N)C#N)cc1. The standard InChI is InChI=1S/C20H21N3O2S/c1-14-5-7-15(8-6-14)17(16(12-21)13-22)11-18-23(9-10-26-18)19(24)25-20(2,3)4/h5-8,11H,9-10H2,1-4H3/b18-11-. The Hall–Kier alpha value is -2.70. The van der Waals surface area contributed by atoms with Crippen molar-refractivity contribution in [3.8, 4) is 12.1 Å². The molecule has 1 aromatic carbocycles. The van der Waals surface area contributed by atoms with Crippen LogP contribution in [-0.2, 0) is 4.74 Å². The number of thioether (sulfide) groups is 1. The van der Waals surface area contributed by atoms with E-state index >= 15 is 0 Å². The molecule has 0 N–H and O–H groups in total. The Morgan fingerprint density at radius 3 is 2.38 bits per heavy atom. The monoisotopic (exact) mass is 367 g/mol. The van der Waals surface area contributed by atoms with Crippen molar-refractivity contribution in [1.29, 1.82) is 10.5 Å². The van der Waals surface area contributed by atoms with E-state index in [1.807, 2.05) is 64.1 Å². The van der Waals surface area contributed by atoms with Gasteiger partial charge >= 0.3 is 6.09 Å². The molecule has 0 unspecified atom stereocenters. The third kappa shape index (κ3) is 4.91. The summed E-state index contributed by atoms with van der Waals surface area (Å²) < 4.78 is 5.45. The molecule has 0 spiro atoms. The summed E-state index contributed by atoms with van der Waals surface area (Å²) in [5, 5.41) is 19.4. The number of hydrogen-bond donors (Lipinski definition) is 0. The largest absolute Gasteiger partial charge is 0.443 e. The second-order valence-electron chi connectivity index (χ2n) is 6.84. The predicted molar refractivity (Wildman–Crippen MR) is 103 cm³/mol.